The average molecular weight is 468 g/mol. The molecule has 1 amide bonds. The molecule has 0 saturated carbocycles. The minimum absolute atomic E-state index is 0.0699. The minimum atomic E-state index is -0.512. The molecule has 9 heteroatoms. The van der Waals surface area contributed by atoms with Crippen molar-refractivity contribution in [2.24, 2.45) is 0 Å². The summed E-state index contributed by atoms with van der Waals surface area (Å²) in [5.41, 5.74) is 1.99. The molecule has 1 saturated heterocycles. The van der Waals surface area contributed by atoms with Crippen molar-refractivity contribution in [3.63, 3.8) is 0 Å². The van der Waals surface area contributed by atoms with Crippen molar-refractivity contribution in [2.45, 2.75) is 6.10 Å². The van der Waals surface area contributed by atoms with Crippen LogP contribution in [0.4, 0.5) is 0 Å². The van der Waals surface area contributed by atoms with Gasteiger partial charge in [-0.1, -0.05) is 23.7 Å². The summed E-state index contributed by atoms with van der Waals surface area (Å²) in [5, 5.41) is 1.40. The number of pyridine rings is 1. The minimum Gasteiger partial charge on any atom is -0.493 e. The Morgan fingerprint density at radius 2 is 1.88 bits per heavy atom. The lowest BCUT2D eigenvalue weighted by molar-refractivity contribution is -0.150. The van der Waals surface area contributed by atoms with Crippen LogP contribution in [-0.2, 0) is 4.79 Å². The Balaban J connectivity index is 1.50. The van der Waals surface area contributed by atoms with Crippen LogP contribution in [0.15, 0.2) is 59.5 Å². The van der Waals surface area contributed by atoms with Crippen LogP contribution >= 0.6 is 22.9 Å². The van der Waals surface area contributed by atoms with E-state index in [0.717, 1.165) is 10.6 Å². The van der Waals surface area contributed by atoms with Gasteiger partial charge in [-0.25, -0.2) is 4.98 Å². The molecule has 1 fully saturated rings. The van der Waals surface area contributed by atoms with Gasteiger partial charge in [0, 0.05) is 29.9 Å². The summed E-state index contributed by atoms with van der Waals surface area (Å²) in [6.45, 7) is 0.529. The second kappa shape index (κ2) is 7.96. The second-order valence-corrected chi connectivity index (χ2v) is 8.83. The highest BCUT2D eigenvalue weighted by atomic mass is 35.5. The van der Waals surface area contributed by atoms with Gasteiger partial charge in [0.15, 0.2) is 17.6 Å². The highest BCUT2D eigenvalue weighted by Gasteiger charge is 2.36. The molecular formula is C23H18ClN3O4S. The Kier molecular flexibility index (Phi) is 5.11. The van der Waals surface area contributed by atoms with Crippen LogP contribution in [0.5, 0.6) is 11.5 Å². The van der Waals surface area contributed by atoms with Crippen LogP contribution in [0.1, 0.15) is 0 Å². The number of rotatable bonds is 5. The van der Waals surface area contributed by atoms with E-state index >= 15 is 0 Å². The number of amides is 1. The van der Waals surface area contributed by atoms with E-state index in [1.54, 1.807) is 53.0 Å². The SMILES string of the molecule is COc1cc(-n2ccc3nc(-c4ccc(Cl)cc4)sc3c2=O)ccc1OC1CN(C)C1=O. The van der Waals surface area contributed by atoms with Gasteiger partial charge < -0.3 is 14.4 Å². The van der Waals surface area contributed by atoms with Crippen molar-refractivity contribution in [1.82, 2.24) is 14.5 Å². The quantitative estimate of drug-likeness (QED) is 0.415. The second-order valence-electron chi connectivity index (χ2n) is 7.39. The van der Waals surface area contributed by atoms with E-state index in [4.69, 9.17) is 21.1 Å². The first-order valence-corrected chi connectivity index (χ1v) is 11.0. The number of aromatic nitrogens is 2. The van der Waals surface area contributed by atoms with Gasteiger partial charge in [0.1, 0.15) is 9.71 Å². The van der Waals surface area contributed by atoms with Crippen LogP contribution in [0.2, 0.25) is 5.02 Å². The van der Waals surface area contributed by atoms with Gasteiger partial charge in [-0.2, -0.15) is 0 Å². The first-order chi connectivity index (χ1) is 15.4. The largest absolute Gasteiger partial charge is 0.493 e. The lowest BCUT2D eigenvalue weighted by atomic mass is 10.1. The number of fused-ring (bicyclic) bond motifs is 1. The third-order valence-corrected chi connectivity index (χ3v) is 6.69. The standard InChI is InChI=1S/C23H18ClN3O4S/c1-26-12-19(22(26)28)31-17-8-7-15(11-18(17)30-2)27-10-9-16-20(23(27)29)32-21(25-16)13-3-5-14(24)6-4-13/h3-11,19H,12H2,1-2H3. The molecule has 5 rings (SSSR count). The molecule has 1 atom stereocenters. The highest BCUT2D eigenvalue weighted by molar-refractivity contribution is 7.21. The van der Waals surface area contributed by atoms with Crippen molar-refractivity contribution in [3.8, 4) is 27.8 Å². The van der Waals surface area contributed by atoms with E-state index in [-0.39, 0.29) is 11.5 Å². The third kappa shape index (κ3) is 3.51. The number of ether oxygens (including phenoxy) is 2. The molecule has 1 aliphatic rings. The number of hydrogen-bond donors (Lipinski definition) is 0. The molecule has 162 valence electrons. The van der Waals surface area contributed by atoms with Gasteiger partial charge in [0.05, 0.1) is 24.9 Å². The number of carbonyl (C=O) groups is 1. The van der Waals surface area contributed by atoms with Gasteiger partial charge >= 0.3 is 0 Å². The van der Waals surface area contributed by atoms with Gasteiger partial charge in [-0.3, -0.25) is 14.2 Å². The number of carbonyl (C=O) groups excluding carboxylic acids is 1. The molecule has 32 heavy (non-hydrogen) atoms. The molecule has 0 N–H and O–H groups in total. The number of hydrogen-bond acceptors (Lipinski definition) is 6. The van der Waals surface area contributed by atoms with Crippen molar-refractivity contribution < 1.29 is 14.3 Å². The van der Waals surface area contributed by atoms with E-state index < -0.39 is 6.10 Å². The molecule has 4 aromatic rings. The number of nitrogens with zero attached hydrogens (tertiary/aromatic N) is 3. The van der Waals surface area contributed by atoms with Gasteiger partial charge in [-0.05, 0) is 30.3 Å². The third-order valence-electron chi connectivity index (χ3n) is 5.33. The molecular weight excluding hydrogens is 450 g/mol. The Labute approximate surface area is 192 Å². The fourth-order valence-electron chi connectivity index (χ4n) is 3.53. The molecule has 2 aromatic heterocycles. The topological polar surface area (TPSA) is 73.7 Å². The van der Waals surface area contributed by atoms with E-state index in [9.17, 15) is 9.59 Å². The summed E-state index contributed by atoms with van der Waals surface area (Å²) in [5.74, 6) is 0.835. The molecule has 3 heterocycles. The van der Waals surface area contributed by atoms with Crippen LogP contribution in [0.25, 0.3) is 26.5 Å². The molecule has 0 aliphatic carbocycles. The number of benzene rings is 2. The predicted octanol–water partition coefficient (Wildman–Crippen LogP) is 4.00. The van der Waals surface area contributed by atoms with Crippen molar-refractivity contribution in [3.05, 3.63) is 70.1 Å². The number of likely N-dealkylation sites (tertiary alicyclic amines) is 1. The molecule has 0 radical (unpaired) electrons. The first kappa shape index (κ1) is 20.5. The van der Waals surface area contributed by atoms with Crippen LogP contribution in [0.3, 0.4) is 0 Å². The Hall–Kier alpha value is -3.36. The molecule has 0 bridgehead atoms. The van der Waals surface area contributed by atoms with Crippen LogP contribution < -0.4 is 15.0 Å². The lowest BCUT2D eigenvalue weighted by Gasteiger charge is -2.35. The Morgan fingerprint density at radius 1 is 1.09 bits per heavy atom. The van der Waals surface area contributed by atoms with Crippen LogP contribution in [-0.4, -0.2) is 47.2 Å². The van der Waals surface area contributed by atoms with Crippen LogP contribution in [0, 0.1) is 0 Å². The summed E-state index contributed by atoms with van der Waals surface area (Å²) in [6.07, 6.45) is 1.18. The predicted molar refractivity (Wildman–Crippen MR) is 124 cm³/mol. The van der Waals surface area contributed by atoms with E-state index in [1.807, 2.05) is 18.2 Å². The zero-order valence-electron chi connectivity index (χ0n) is 17.2. The summed E-state index contributed by atoms with van der Waals surface area (Å²) < 4.78 is 13.3. The summed E-state index contributed by atoms with van der Waals surface area (Å²) in [6, 6.07) is 14.4. The van der Waals surface area contributed by atoms with Gasteiger partial charge in [-0.15, -0.1) is 11.3 Å². The smallest absolute Gasteiger partial charge is 0.274 e. The number of β-lactam (4-membered cyclic amide) rings is 1. The normalized spacial score (nSPS) is 15.7. The van der Waals surface area contributed by atoms with Gasteiger partial charge in [0.25, 0.3) is 11.5 Å². The number of likely N-dealkylation sites (N-methyl/N-ethyl adjacent to an activating group) is 1. The Morgan fingerprint density at radius 3 is 2.56 bits per heavy atom. The average Bonchev–Trinajstić information content (AvgIpc) is 3.25. The maximum atomic E-state index is 13.2. The van der Waals surface area contributed by atoms with Crippen molar-refractivity contribution in [1.29, 1.82) is 0 Å². The maximum Gasteiger partial charge on any atom is 0.274 e. The van der Waals surface area contributed by atoms with E-state index in [2.05, 4.69) is 4.98 Å². The summed E-state index contributed by atoms with van der Waals surface area (Å²) >= 11 is 7.31. The zero-order chi connectivity index (χ0) is 22.4. The van der Waals surface area contributed by atoms with E-state index in [1.165, 1.54) is 18.4 Å². The van der Waals surface area contributed by atoms with E-state index in [0.29, 0.717) is 39.0 Å². The molecule has 1 unspecified atom stereocenters. The molecule has 0 spiro atoms. The Bertz CT molecular complexity index is 1400. The highest BCUT2D eigenvalue weighted by Crippen LogP contribution is 2.33. The fraction of sp³-hybridized carbons (Fsp3) is 0.174. The monoisotopic (exact) mass is 467 g/mol. The molecule has 7 nitrogen and oxygen atoms in total. The number of methoxy groups -OCH3 is 1. The maximum absolute atomic E-state index is 13.2. The lowest BCUT2D eigenvalue weighted by Crippen LogP contribution is -2.57. The summed E-state index contributed by atoms with van der Waals surface area (Å²) in [4.78, 5) is 31.3. The molecule has 2 aromatic carbocycles. The first-order valence-electron chi connectivity index (χ1n) is 9.83. The number of halogens is 1. The fourth-order valence-corrected chi connectivity index (χ4v) is 4.66. The summed E-state index contributed by atoms with van der Waals surface area (Å²) in [7, 11) is 3.25. The zero-order valence-corrected chi connectivity index (χ0v) is 18.8. The van der Waals surface area contributed by atoms with Gasteiger partial charge in [0.2, 0.25) is 0 Å². The number of thiazole rings is 1. The molecule has 1 aliphatic heterocycles. The van der Waals surface area contributed by atoms with Crippen molar-refractivity contribution >= 4 is 39.1 Å². The van der Waals surface area contributed by atoms with Crippen molar-refractivity contribution in [2.75, 3.05) is 20.7 Å².